The number of hydrogen-bond acceptors (Lipinski definition) is 14. The second-order valence-corrected chi connectivity index (χ2v) is 13.6. The van der Waals surface area contributed by atoms with Gasteiger partial charge in [-0.05, 0) is 51.7 Å². The van der Waals surface area contributed by atoms with Gasteiger partial charge in [-0.1, -0.05) is 38.5 Å². The van der Waals surface area contributed by atoms with Gasteiger partial charge in [0, 0.05) is 12.8 Å². The number of nitrogens with zero attached hydrogens (tertiary/aromatic N) is 4. The van der Waals surface area contributed by atoms with Crippen LogP contribution in [0.3, 0.4) is 0 Å². The number of carbonyl (C=O) groups excluding carboxylic acids is 3. The number of benzene rings is 1. The Hall–Kier alpha value is -4.11. The highest BCUT2D eigenvalue weighted by molar-refractivity contribution is 7.52. The van der Waals surface area contributed by atoms with Crippen LogP contribution >= 0.6 is 7.75 Å². The van der Waals surface area contributed by atoms with Crippen LogP contribution in [-0.2, 0) is 42.4 Å². The van der Waals surface area contributed by atoms with Crippen molar-refractivity contribution in [2.75, 3.05) is 5.73 Å². The lowest BCUT2D eigenvalue weighted by Gasteiger charge is -2.30. The third kappa shape index (κ3) is 8.74. The normalized spacial score (nSPS) is 23.7. The molecule has 1 aromatic carbocycles. The number of rotatable bonds is 14. The van der Waals surface area contributed by atoms with Gasteiger partial charge in [0.25, 0.3) is 0 Å². The van der Waals surface area contributed by atoms with E-state index >= 15 is 0 Å². The number of esters is 3. The minimum absolute atomic E-state index is 0.00706. The van der Waals surface area contributed by atoms with Gasteiger partial charge in [-0.15, -0.1) is 0 Å². The third-order valence-electron chi connectivity index (χ3n) is 8.28. The van der Waals surface area contributed by atoms with Gasteiger partial charge in [-0.2, -0.15) is 5.09 Å². The molecule has 1 saturated carbocycles. The molecule has 266 valence electrons. The molecule has 1 aliphatic carbocycles. The van der Waals surface area contributed by atoms with Crippen molar-refractivity contribution in [1.82, 2.24) is 24.6 Å². The van der Waals surface area contributed by atoms with E-state index in [9.17, 15) is 18.9 Å². The number of nitrogen functional groups attached to an aromatic ring is 1. The molecule has 17 heteroatoms. The van der Waals surface area contributed by atoms with E-state index in [1.807, 2.05) is 0 Å². The average Bonchev–Trinajstić information content (AvgIpc) is 3.67. The first-order chi connectivity index (χ1) is 23.5. The topological polar surface area (TPSA) is 205 Å². The molecular formula is C32H43N6O10P. The van der Waals surface area contributed by atoms with Gasteiger partial charge in [0.05, 0.1) is 12.4 Å². The Morgan fingerprint density at radius 3 is 2.33 bits per heavy atom. The maximum atomic E-state index is 14.5. The van der Waals surface area contributed by atoms with Crippen molar-refractivity contribution in [2.24, 2.45) is 0 Å². The molecule has 2 aliphatic rings. The second kappa shape index (κ2) is 16.1. The highest BCUT2D eigenvalue weighted by atomic mass is 31.2. The van der Waals surface area contributed by atoms with Crippen LogP contribution in [0.4, 0.5) is 5.82 Å². The fourth-order valence-electron chi connectivity index (χ4n) is 5.77. The molecule has 1 aliphatic heterocycles. The van der Waals surface area contributed by atoms with Crippen molar-refractivity contribution in [1.29, 1.82) is 0 Å². The molecule has 2 fully saturated rings. The molecule has 0 radical (unpaired) electrons. The van der Waals surface area contributed by atoms with E-state index in [-0.39, 0.29) is 41.7 Å². The Bertz CT molecular complexity index is 1650. The van der Waals surface area contributed by atoms with Crippen LogP contribution < -0.4 is 15.3 Å². The van der Waals surface area contributed by atoms with Crippen molar-refractivity contribution in [3.8, 4) is 5.75 Å². The number of fused-ring (bicyclic) bond motifs is 1. The number of hydrogen-bond donors (Lipinski definition) is 2. The van der Waals surface area contributed by atoms with Gasteiger partial charge >= 0.3 is 25.7 Å². The zero-order valence-electron chi connectivity index (χ0n) is 27.9. The zero-order chi connectivity index (χ0) is 35.1. The first-order valence-corrected chi connectivity index (χ1v) is 18.0. The number of anilines is 1. The van der Waals surface area contributed by atoms with Crippen LogP contribution in [0.1, 0.15) is 78.9 Å². The summed E-state index contributed by atoms with van der Waals surface area (Å²) in [7, 11) is -4.39. The number of ether oxygens (including phenoxy) is 4. The number of imidazole rings is 1. The van der Waals surface area contributed by atoms with Gasteiger partial charge in [0.15, 0.2) is 29.9 Å². The van der Waals surface area contributed by atoms with E-state index < -0.39 is 62.3 Å². The number of aromatic nitrogens is 4. The average molecular weight is 703 g/mol. The fourth-order valence-corrected chi connectivity index (χ4v) is 7.46. The van der Waals surface area contributed by atoms with Crippen LogP contribution in [0, 0.1) is 0 Å². The summed E-state index contributed by atoms with van der Waals surface area (Å²) in [6.45, 7) is 6.28. The molecule has 7 atom stereocenters. The quantitative estimate of drug-likeness (QED) is 0.136. The van der Waals surface area contributed by atoms with Gasteiger partial charge in [0.1, 0.15) is 35.8 Å². The monoisotopic (exact) mass is 702 g/mol. The standard InChI is InChI=1S/C32H43N6O10P/c1-5-23(39)44-27-26(46-31(28(27)45-24(40)6-2)38-18-36-25-29(33)34-17-35-30(25)38)20(4)47-49(42,48-22-15-11-8-12-16-22)37-19(3)32(41)43-21-13-9-7-10-14-21/h8,11-12,15-21,26-28,31H,5-7,9-10,13-14H2,1-4H3,(H,37,42)(H2,33,34,35)/t19-,20-,26+,27+,28+,31+,49?/m0/s1. The lowest BCUT2D eigenvalue weighted by atomic mass is 9.98. The predicted molar refractivity (Wildman–Crippen MR) is 175 cm³/mol. The maximum absolute atomic E-state index is 14.5. The first kappa shape index (κ1) is 36.2. The van der Waals surface area contributed by atoms with Crippen LogP contribution in [0.2, 0.25) is 0 Å². The summed E-state index contributed by atoms with van der Waals surface area (Å²) >= 11 is 0. The Labute approximate surface area is 283 Å². The highest BCUT2D eigenvalue weighted by Crippen LogP contribution is 2.49. The van der Waals surface area contributed by atoms with Crippen molar-refractivity contribution in [3.05, 3.63) is 43.0 Å². The van der Waals surface area contributed by atoms with Crippen molar-refractivity contribution < 1.29 is 46.9 Å². The van der Waals surface area contributed by atoms with Crippen LogP contribution in [-0.4, -0.2) is 74.0 Å². The minimum atomic E-state index is -4.39. The summed E-state index contributed by atoms with van der Waals surface area (Å²) in [4.78, 5) is 51.1. The van der Waals surface area contributed by atoms with E-state index in [4.69, 9.17) is 33.7 Å². The minimum Gasteiger partial charge on any atom is -0.461 e. The summed E-state index contributed by atoms with van der Waals surface area (Å²) in [6, 6.07) is 7.21. The van der Waals surface area contributed by atoms with Crippen LogP contribution in [0.5, 0.6) is 5.75 Å². The smallest absolute Gasteiger partial charge is 0.459 e. The molecule has 0 spiro atoms. The first-order valence-electron chi connectivity index (χ1n) is 16.5. The predicted octanol–water partition coefficient (Wildman–Crippen LogP) is 4.40. The van der Waals surface area contributed by atoms with E-state index in [0.717, 1.165) is 32.1 Å². The van der Waals surface area contributed by atoms with E-state index in [0.29, 0.717) is 0 Å². The summed E-state index contributed by atoms with van der Waals surface area (Å²) in [5.74, 6) is -1.48. The van der Waals surface area contributed by atoms with Gasteiger partial charge in [-0.25, -0.2) is 19.5 Å². The second-order valence-electron chi connectivity index (χ2n) is 12.0. The maximum Gasteiger partial charge on any atom is 0.459 e. The molecule has 0 bridgehead atoms. The molecule has 2 aromatic heterocycles. The molecule has 3 aromatic rings. The number of nitrogens with two attached hydrogens (primary N) is 1. The molecule has 3 N–H and O–H groups in total. The molecule has 1 saturated heterocycles. The molecule has 3 heterocycles. The van der Waals surface area contributed by atoms with Crippen molar-refractivity contribution >= 4 is 42.6 Å². The van der Waals surface area contributed by atoms with Crippen molar-refractivity contribution in [2.45, 2.75) is 115 Å². The van der Waals surface area contributed by atoms with Gasteiger partial charge in [-0.3, -0.25) is 23.5 Å². The number of para-hydroxylation sites is 1. The SMILES string of the molecule is CCC(=O)O[C@H]1[C@@H](OC(=O)CC)[C@H](n2cnc3c(N)ncnc32)O[C@@H]1[C@H](C)OP(=O)(N[C@@H](C)C(=O)OC1CCCCC1)Oc1ccccc1. The van der Waals surface area contributed by atoms with Gasteiger partial charge < -0.3 is 29.2 Å². The molecule has 16 nitrogen and oxygen atoms in total. The van der Waals surface area contributed by atoms with E-state index in [2.05, 4.69) is 20.0 Å². The molecule has 5 rings (SSSR count). The van der Waals surface area contributed by atoms with Gasteiger partial charge in [0.2, 0.25) is 0 Å². The van der Waals surface area contributed by atoms with E-state index in [1.165, 1.54) is 24.1 Å². The Morgan fingerprint density at radius 1 is 0.980 bits per heavy atom. The third-order valence-corrected chi connectivity index (χ3v) is 10.0. The largest absolute Gasteiger partial charge is 0.461 e. The number of nitrogens with one attached hydrogen (secondary N) is 1. The summed E-state index contributed by atoms with van der Waals surface area (Å²) in [5, 5.41) is 2.72. The summed E-state index contributed by atoms with van der Waals surface area (Å²) in [6.07, 6.45) is 1.08. The molecular weight excluding hydrogens is 659 g/mol. The highest BCUT2D eigenvalue weighted by Gasteiger charge is 2.54. The Kier molecular flexibility index (Phi) is 11.9. The zero-order valence-corrected chi connectivity index (χ0v) is 28.8. The van der Waals surface area contributed by atoms with Crippen molar-refractivity contribution in [3.63, 3.8) is 0 Å². The molecule has 49 heavy (non-hydrogen) atoms. The van der Waals surface area contributed by atoms with E-state index in [1.54, 1.807) is 51.1 Å². The Balaban J connectivity index is 1.46. The summed E-state index contributed by atoms with van der Waals surface area (Å²) < 4.78 is 51.7. The fraction of sp³-hybridized carbons (Fsp3) is 0.562. The van der Waals surface area contributed by atoms with Crippen LogP contribution in [0.25, 0.3) is 11.2 Å². The Morgan fingerprint density at radius 2 is 1.65 bits per heavy atom. The lowest BCUT2D eigenvalue weighted by Crippen LogP contribution is -2.44. The lowest BCUT2D eigenvalue weighted by molar-refractivity contribution is -0.168. The molecule has 0 amide bonds. The van der Waals surface area contributed by atoms with Crippen LogP contribution in [0.15, 0.2) is 43.0 Å². The number of carbonyl (C=O) groups is 3. The molecule has 1 unspecified atom stereocenters. The summed E-state index contributed by atoms with van der Waals surface area (Å²) in [5.41, 5.74) is 6.56.